The Morgan fingerprint density at radius 2 is 2.36 bits per heavy atom. The minimum atomic E-state index is 0.578. The first-order chi connectivity index (χ1) is 6.90. The van der Waals surface area contributed by atoms with E-state index in [0.717, 1.165) is 23.2 Å². The van der Waals surface area contributed by atoms with E-state index in [4.69, 9.17) is 10.3 Å². The first-order valence-corrected chi connectivity index (χ1v) is 4.36. The van der Waals surface area contributed by atoms with E-state index in [2.05, 4.69) is 15.7 Å². The number of rotatable bonds is 4. The molecule has 1 aromatic carbocycles. The van der Waals surface area contributed by atoms with Crippen molar-refractivity contribution in [2.24, 2.45) is 5.84 Å². The third-order valence-electron chi connectivity index (χ3n) is 1.95. The Labute approximate surface area is 81.3 Å². The van der Waals surface area contributed by atoms with Crippen LogP contribution in [0.15, 0.2) is 29.0 Å². The van der Waals surface area contributed by atoms with Crippen molar-refractivity contribution < 1.29 is 4.42 Å². The van der Waals surface area contributed by atoms with Gasteiger partial charge < -0.3 is 4.42 Å². The highest BCUT2D eigenvalue weighted by atomic mass is 16.3. The van der Waals surface area contributed by atoms with Gasteiger partial charge in [0, 0.05) is 6.54 Å². The van der Waals surface area contributed by atoms with E-state index in [9.17, 15) is 0 Å². The number of aromatic nitrogens is 1. The van der Waals surface area contributed by atoms with E-state index in [1.165, 1.54) is 6.39 Å². The lowest BCUT2D eigenvalue weighted by Gasteiger charge is -2.02. The molecule has 2 rings (SSSR count). The Bertz CT molecular complexity index is 412. The largest absolute Gasteiger partial charge is 0.443 e. The first kappa shape index (κ1) is 9.14. The van der Waals surface area contributed by atoms with Crippen LogP contribution in [-0.2, 0) is 6.54 Å². The molecular formula is C9H12N4O. The minimum absolute atomic E-state index is 0.578. The second kappa shape index (κ2) is 4.19. The molecule has 4 N–H and O–H groups in total. The average molecular weight is 192 g/mol. The van der Waals surface area contributed by atoms with Crippen molar-refractivity contribution in [3.63, 3.8) is 0 Å². The average Bonchev–Trinajstić information content (AvgIpc) is 2.65. The molecule has 0 fully saturated rings. The van der Waals surface area contributed by atoms with Crippen molar-refractivity contribution in [2.45, 2.75) is 6.54 Å². The van der Waals surface area contributed by atoms with Crippen LogP contribution in [0.1, 0.15) is 5.56 Å². The molecular weight excluding hydrogens is 180 g/mol. The van der Waals surface area contributed by atoms with E-state index in [0.29, 0.717) is 6.67 Å². The fraction of sp³-hybridized carbons (Fsp3) is 0.222. The summed E-state index contributed by atoms with van der Waals surface area (Å²) in [5.74, 6) is 5.13. The molecule has 5 heteroatoms. The van der Waals surface area contributed by atoms with Crippen molar-refractivity contribution in [1.82, 2.24) is 15.7 Å². The molecule has 5 nitrogen and oxygen atoms in total. The van der Waals surface area contributed by atoms with Crippen molar-refractivity contribution in [3.8, 4) is 0 Å². The van der Waals surface area contributed by atoms with Gasteiger partial charge >= 0.3 is 0 Å². The molecule has 0 unspecified atom stereocenters. The van der Waals surface area contributed by atoms with Crippen molar-refractivity contribution in [1.29, 1.82) is 0 Å². The SMILES string of the molecule is NNCNCc1ccc2ncoc2c1. The number of benzene rings is 1. The molecule has 0 spiro atoms. The quantitative estimate of drug-likeness (QED) is 0.282. The highest BCUT2D eigenvalue weighted by Gasteiger charge is 1.99. The topological polar surface area (TPSA) is 76.1 Å². The molecule has 0 aliphatic rings. The van der Waals surface area contributed by atoms with Crippen LogP contribution in [0, 0.1) is 0 Å². The number of nitrogens with two attached hydrogens (primary N) is 1. The second-order valence-electron chi connectivity index (χ2n) is 2.96. The van der Waals surface area contributed by atoms with E-state index < -0.39 is 0 Å². The Balaban J connectivity index is 2.10. The van der Waals surface area contributed by atoms with Crippen LogP contribution < -0.4 is 16.6 Å². The zero-order chi connectivity index (χ0) is 9.80. The second-order valence-corrected chi connectivity index (χ2v) is 2.96. The maximum Gasteiger partial charge on any atom is 0.181 e. The molecule has 14 heavy (non-hydrogen) atoms. The number of nitrogens with one attached hydrogen (secondary N) is 2. The third-order valence-corrected chi connectivity index (χ3v) is 1.95. The Kier molecular flexibility index (Phi) is 2.73. The summed E-state index contributed by atoms with van der Waals surface area (Å²) in [4.78, 5) is 4.04. The molecule has 1 heterocycles. The standard InChI is InChI=1S/C9H12N4O/c10-13-5-11-4-7-1-2-8-9(3-7)14-6-12-8/h1-3,6,11,13H,4-5,10H2. The number of oxazole rings is 1. The number of fused-ring (bicyclic) bond motifs is 1. The molecule has 0 saturated carbocycles. The van der Waals surface area contributed by atoms with Gasteiger partial charge in [-0.1, -0.05) is 6.07 Å². The lowest BCUT2D eigenvalue weighted by Crippen LogP contribution is -2.33. The maximum atomic E-state index is 5.19. The Morgan fingerprint density at radius 3 is 3.21 bits per heavy atom. The number of nitrogens with zero attached hydrogens (tertiary/aromatic N) is 1. The van der Waals surface area contributed by atoms with Crippen molar-refractivity contribution in [3.05, 3.63) is 30.2 Å². The molecule has 0 aliphatic carbocycles. The van der Waals surface area contributed by atoms with Crippen LogP contribution in [0.3, 0.4) is 0 Å². The van der Waals surface area contributed by atoms with Gasteiger partial charge in [0.2, 0.25) is 0 Å². The summed E-state index contributed by atoms with van der Waals surface area (Å²) in [6.45, 7) is 1.33. The van der Waals surface area contributed by atoms with Gasteiger partial charge in [-0.15, -0.1) is 0 Å². The number of hydrogen-bond donors (Lipinski definition) is 3. The van der Waals surface area contributed by atoms with Crippen LogP contribution in [0.2, 0.25) is 0 Å². The van der Waals surface area contributed by atoms with Gasteiger partial charge in [0.05, 0.1) is 6.67 Å². The van der Waals surface area contributed by atoms with E-state index >= 15 is 0 Å². The summed E-state index contributed by atoms with van der Waals surface area (Å²) in [6.07, 6.45) is 1.45. The van der Waals surface area contributed by atoms with Crippen LogP contribution in [0.5, 0.6) is 0 Å². The fourth-order valence-corrected chi connectivity index (χ4v) is 1.29. The lowest BCUT2D eigenvalue weighted by atomic mass is 10.2. The van der Waals surface area contributed by atoms with Gasteiger partial charge in [-0.25, -0.2) is 10.4 Å². The lowest BCUT2D eigenvalue weighted by molar-refractivity contribution is 0.593. The zero-order valence-corrected chi connectivity index (χ0v) is 7.66. The van der Waals surface area contributed by atoms with Crippen LogP contribution in [0.4, 0.5) is 0 Å². The predicted molar refractivity (Wildman–Crippen MR) is 53.0 cm³/mol. The van der Waals surface area contributed by atoms with Crippen molar-refractivity contribution >= 4 is 11.1 Å². The first-order valence-electron chi connectivity index (χ1n) is 4.36. The van der Waals surface area contributed by atoms with E-state index in [-0.39, 0.29) is 0 Å². The summed E-state index contributed by atoms with van der Waals surface area (Å²) in [5, 5.41) is 3.11. The van der Waals surface area contributed by atoms with Crippen LogP contribution in [0.25, 0.3) is 11.1 Å². The molecule has 0 amide bonds. The smallest absolute Gasteiger partial charge is 0.181 e. The summed E-state index contributed by atoms with van der Waals surface area (Å²) in [6, 6.07) is 5.91. The molecule has 0 aliphatic heterocycles. The minimum Gasteiger partial charge on any atom is -0.443 e. The highest BCUT2D eigenvalue weighted by molar-refractivity contribution is 5.72. The van der Waals surface area contributed by atoms with Gasteiger partial charge in [0.1, 0.15) is 5.52 Å². The van der Waals surface area contributed by atoms with Gasteiger partial charge in [-0.2, -0.15) is 0 Å². The monoisotopic (exact) mass is 192 g/mol. The maximum absolute atomic E-state index is 5.19. The van der Waals surface area contributed by atoms with Crippen molar-refractivity contribution in [2.75, 3.05) is 6.67 Å². The molecule has 1 aromatic heterocycles. The molecule has 2 aromatic rings. The normalized spacial score (nSPS) is 10.9. The number of hydrogen-bond acceptors (Lipinski definition) is 5. The number of hydrazine groups is 1. The van der Waals surface area contributed by atoms with E-state index in [1.54, 1.807) is 0 Å². The fourth-order valence-electron chi connectivity index (χ4n) is 1.29. The van der Waals surface area contributed by atoms with Gasteiger partial charge in [0.15, 0.2) is 12.0 Å². The van der Waals surface area contributed by atoms with Crippen LogP contribution in [-0.4, -0.2) is 11.7 Å². The van der Waals surface area contributed by atoms with Crippen LogP contribution >= 0.6 is 0 Å². The predicted octanol–water partition coefficient (Wildman–Crippen LogP) is 0.338. The van der Waals surface area contributed by atoms with Gasteiger partial charge in [0.25, 0.3) is 0 Å². The van der Waals surface area contributed by atoms with E-state index in [1.807, 2.05) is 18.2 Å². The molecule has 0 saturated heterocycles. The van der Waals surface area contributed by atoms with Gasteiger partial charge in [-0.3, -0.25) is 11.2 Å². The van der Waals surface area contributed by atoms with Gasteiger partial charge in [-0.05, 0) is 17.7 Å². The Morgan fingerprint density at radius 1 is 1.43 bits per heavy atom. The summed E-state index contributed by atoms with van der Waals surface area (Å²) in [7, 11) is 0. The third kappa shape index (κ3) is 1.90. The summed E-state index contributed by atoms with van der Waals surface area (Å²) >= 11 is 0. The summed E-state index contributed by atoms with van der Waals surface area (Å²) < 4.78 is 5.19. The molecule has 0 radical (unpaired) electrons. The Hall–Kier alpha value is -1.43. The summed E-state index contributed by atoms with van der Waals surface area (Å²) in [5.41, 5.74) is 5.36. The molecule has 0 bridgehead atoms. The highest BCUT2D eigenvalue weighted by Crippen LogP contribution is 2.13. The zero-order valence-electron chi connectivity index (χ0n) is 7.66. The molecule has 0 atom stereocenters. The molecule has 74 valence electrons.